The van der Waals surface area contributed by atoms with E-state index in [0.29, 0.717) is 21.1 Å². The fourth-order valence-electron chi connectivity index (χ4n) is 1.76. The molecule has 8 heteroatoms. The highest BCUT2D eigenvalue weighted by Gasteiger charge is 2.19. The van der Waals surface area contributed by atoms with Crippen molar-refractivity contribution in [2.45, 2.75) is 32.1 Å². The summed E-state index contributed by atoms with van der Waals surface area (Å²) in [6.07, 6.45) is 0.787. The molecule has 0 atom stereocenters. The lowest BCUT2D eigenvalue weighted by atomic mass is 10.1. The summed E-state index contributed by atoms with van der Waals surface area (Å²) in [7, 11) is -3.65. The number of benzene rings is 1. The van der Waals surface area contributed by atoms with Gasteiger partial charge in [-0.05, 0) is 30.5 Å². The van der Waals surface area contributed by atoms with Gasteiger partial charge in [-0.15, -0.1) is 10.2 Å². The van der Waals surface area contributed by atoms with Gasteiger partial charge < -0.3 is 0 Å². The molecule has 0 aliphatic heterocycles. The number of halogens is 1. The zero-order chi connectivity index (χ0) is 15.6. The van der Waals surface area contributed by atoms with Crippen LogP contribution < -0.4 is 4.72 Å². The Labute approximate surface area is 137 Å². The average molecular weight is 390 g/mol. The Balaban J connectivity index is 2.25. The van der Waals surface area contributed by atoms with Crippen molar-refractivity contribution in [1.82, 2.24) is 10.2 Å². The summed E-state index contributed by atoms with van der Waals surface area (Å²) in [4.78, 5) is 0.234. The summed E-state index contributed by atoms with van der Waals surface area (Å²) >= 11 is 4.56. The van der Waals surface area contributed by atoms with Crippen LogP contribution in [0.25, 0.3) is 0 Å². The number of rotatable bonds is 5. The van der Waals surface area contributed by atoms with Crippen LogP contribution in [-0.2, 0) is 16.4 Å². The molecule has 0 saturated heterocycles. The highest BCUT2D eigenvalue weighted by molar-refractivity contribution is 9.10. The average Bonchev–Trinajstić information content (AvgIpc) is 2.77. The van der Waals surface area contributed by atoms with Gasteiger partial charge in [0.2, 0.25) is 5.13 Å². The second-order valence-corrected chi connectivity index (χ2v) is 8.74. The lowest BCUT2D eigenvalue weighted by molar-refractivity contribution is 0.600. The summed E-state index contributed by atoms with van der Waals surface area (Å²) in [6, 6.07) is 5.14. The first-order valence-electron chi connectivity index (χ1n) is 6.39. The third-order valence-corrected chi connectivity index (χ3v) is 5.68. The fraction of sp³-hybridized carbons (Fsp3) is 0.385. The van der Waals surface area contributed by atoms with E-state index < -0.39 is 10.0 Å². The zero-order valence-corrected chi connectivity index (χ0v) is 15.1. The van der Waals surface area contributed by atoms with Gasteiger partial charge in [-0.25, -0.2) is 8.42 Å². The Hall–Kier alpha value is -0.990. The molecular formula is C13H16BrN3O2S2. The van der Waals surface area contributed by atoms with Gasteiger partial charge in [-0.1, -0.05) is 47.2 Å². The standard InChI is InChI=1S/C13H16BrN3O2S2/c1-8(2)6-12-15-16-13(20-12)17-21(18,19)11-7-10(14)5-4-9(11)3/h4-5,7-8H,6H2,1-3H3,(H,16,17). The van der Waals surface area contributed by atoms with Crippen LogP contribution in [0.1, 0.15) is 24.4 Å². The SMILES string of the molecule is Cc1ccc(Br)cc1S(=O)(=O)Nc1nnc(CC(C)C)s1. The topological polar surface area (TPSA) is 72.0 Å². The van der Waals surface area contributed by atoms with Crippen LogP contribution in [0.4, 0.5) is 5.13 Å². The van der Waals surface area contributed by atoms with Crippen LogP contribution in [0, 0.1) is 12.8 Å². The third-order valence-electron chi connectivity index (χ3n) is 2.71. The van der Waals surface area contributed by atoms with E-state index in [-0.39, 0.29) is 4.90 Å². The van der Waals surface area contributed by atoms with Crippen molar-refractivity contribution in [2.75, 3.05) is 4.72 Å². The molecule has 2 rings (SSSR count). The normalized spacial score (nSPS) is 11.9. The van der Waals surface area contributed by atoms with Crippen LogP contribution in [-0.4, -0.2) is 18.6 Å². The van der Waals surface area contributed by atoms with Gasteiger partial charge in [-0.2, -0.15) is 0 Å². The van der Waals surface area contributed by atoms with E-state index >= 15 is 0 Å². The monoisotopic (exact) mass is 389 g/mol. The molecule has 114 valence electrons. The molecule has 21 heavy (non-hydrogen) atoms. The van der Waals surface area contributed by atoms with Crippen molar-refractivity contribution in [1.29, 1.82) is 0 Å². The Morgan fingerprint density at radius 1 is 1.33 bits per heavy atom. The van der Waals surface area contributed by atoms with E-state index in [0.717, 1.165) is 11.4 Å². The van der Waals surface area contributed by atoms with Crippen LogP contribution in [0.2, 0.25) is 0 Å². The molecule has 0 amide bonds. The highest BCUT2D eigenvalue weighted by Crippen LogP contribution is 2.25. The summed E-state index contributed by atoms with van der Waals surface area (Å²) < 4.78 is 28.0. The highest BCUT2D eigenvalue weighted by atomic mass is 79.9. The quantitative estimate of drug-likeness (QED) is 0.847. The lowest BCUT2D eigenvalue weighted by Crippen LogP contribution is -2.14. The van der Waals surface area contributed by atoms with Crippen molar-refractivity contribution >= 4 is 42.4 Å². The molecule has 1 aromatic carbocycles. The van der Waals surface area contributed by atoms with E-state index in [1.165, 1.54) is 11.3 Å². The van der Waals surface area contributed by atoms with Gasteiger partial charge in [0.25, 0.3) is 10.0 Å². The number of hydrogen-bond donors (Lipinski definition) is 1. The van der Waals surface area contributed by atoms with Crippen molar-refractivity contribution in [3.8, 4) is 0 Å². The van der Waals surface area contributed by atoms with Crippen LogP contribution in [0.5, 0.6) is 0 Å². The van der Waals surface area contributed by atoms with Gasteiger partial charge in [0, 0.05) is 10.9 Å². The molecule has 1 aromatic heterocycles. The maximum Gasteiger partial charge on any atom is 0.264 e. The predicted molar refractivity (Wildman–Crippen MR) is 88.1 cm³/mol. The number of aromatic nitrogens is 2. The maximum absolute atomic E-state index is 12.4. The number of sulfonamides is 1. The molecule has 5 nitrogen and oxygen atoms in total. The molecule has 2 aromatic rings. The molecule has 0 fully saturated rings. The minimum absolute atomic E-state index is 0.234. The molecule has 0 saturated carbocycles. The smallest absolute Gasteiger partial charge is 0.253 e. The maximum atomic E-state index is 12.4. The number of nitrogens with zero attached hydrogens (tertiary/aromatic N) is 2. The Kier molecular flexibility index (Phi) is 5.00. The molecule has 0 radical (unpaired) electrons. The second kappa shape index (κ2) is 6.41. The molecule has 0 aliphatic rings. The lowest BCUT2D eigenvalue weighted by Gasteiger charge is -2.08. The molecule has 0 aliphatic carbocycles. The molecule has 1 heterocycles. The number of anilines is 1. The molecule has 0 spiro atoms. The largest absolute Gasteiger partial charge is 0.264 e. The van der Waals surface area contributed by atoms with E-state index in [9.17, 15) is 8.42 Å². The van der Waals surface area contributed by atoms with Crippen LogP contribution >= 0.6 is 27.3 Å². The first kappa shape index (κ1) is 16.4. The van der Waals surface area contributed by atoms with Crippen molar-refractivity contribution in [3.05, 3.63) is 33.2 Å². The molecular weight excluding hydrogens is 374 g/mol. The second-order valence-electron chi connectivity index (χ2n) is 5.11. The van der Waals surface area contributed by atoms with E-state index in [2.05, 4.69) is 44.7 Å². The van der Waals surface area contributed by atoms with E-state index in [4.69, 9.17) is 0 Å². The summed E-state index contributed by atoms with van der Waals surface area (Å²) in [6.45, 7) is 5.91. The van der Waals surface area contributed by atoms with Gasteiger partial charge in [0.05, 0.1) is 4.90 Å². The number of aryl methyl sites for hydroxylation is 1. The first-order chi connectivity index (χ1) is 9.78. The molecule has 0 bridgehead atoms. The summed E-state index contributed by atoms with van der Waals surface area (Å²) in [5.41, 5.74) is 0.678. The summed E-state index contributed by atoms with van der Waals surface area (Å²) in [5.74, 6) is 0.453. The first-order valence-corrected chi connectivity index (χ1v) is 9.48. The number of hydrogen-bond acceptors (Lipinski definition) is 5. The van der Waals surface area contributed by atoms with Crippen LogP contribution in [0.3, 0.4) is 0 Å². The Bertz CT molecular complexity index is 742. The van der Waals surface area contributed by atoms with Gasteiger partial charge in [0.1, 0.15) is 5.01 Å². The van der Waals surface area contributed by atoms with Gasteiger partial charge >= 0.3 is 0 Å². The predicted octanol–water partition coefficient (Wildman–Crippen LogP) is 3.61. The summed E-state index contributed by atoms with van der Waals surface area (Å²) in [5, 5.41) is 9.03. The Morgan fingerprint density at radius 3 is 2.71 bits per heavy atom. The minimum Gasteiger partial charge on any atom is -0.253 e. The third kappa shape index (κ3) is 4.24. The van der Waals surface area contributed by atoms with Crippen molar-refractivity contribution < 1.29 is 8.42 Å². The van der Waals surface area contributed by atoms with E-state index in [1.807, 2.05) is 0 Å². The fourth-order valence-corrected chi connectivity index (χ4v) is 4.73. The Morgan fingerprint density at radius 2 is 2.05 bits per heavy atom. The molecule has 1 N–H and O–H groups in total. The number of nitrogens with one attached hydrogen (secondary N) is 1. The van der Waals surface area contributed by atoms with Crippen LogP contribution in [0.15, 0.2) is 27.6 Å². The van der Waals surface area contributed by atoms with Gasteiger partial charge in [-0.3, -0.25) is 4.72 Å². The molecule has 0 unspecified atom stereocenters. The minimum atomic E-state index is -3.65. The van der Waals surface area contributed by atoms with Crippen molar-refractivity contribution in [2.24, 2.45) is 5.92 Å². The van der Waals surface area contributed by atoms with Gasteiger partial charge in [0.15, 0.2) is 0 Å². The van der Waals surface area contributed by atoms with Crippen molar-refractivity contribution in [3.63, 3.8) is 0 Å². The van der Waals surface area contributed by atoms with E-state index in [1.54, 1.807) is 25.1 Å². The zero-order valence-electron chi connectivity index (χ0n) is 11.9.